The van der Waals surface area contributed by atoms with Crippen molar-refractivity contribution in [3.8, 4) is 0 Å². The molecule has 0 bridgehead atoms. The number of para-hydroxylation sites is 1. The lowest BCUT2D eigenvalue weighted by molar-refractivity contribution is 0.542. The van der Waals surface area contributed by atoms with E-state index in [0.717, 1.165) is 22.4 Å². The first-order valence-corrected chi connectivity index (χ1v) is 7.24. The third kappa shape index (κ3) is 2.66. The molecule has 0 saturated carbocycles. The van der Waals surface area contributed by atoms with Gasteiger partial charge in [0.2, 0.25) is 0 Å². The zero-order valence-electron chi connectivity index (χ0n) is 11.6. The van der Waals surface area contributed by atoms with Crippen molar-refractivity contribution in [3.05, 3.63) is 35.8 Å². The Balaban J connectivity index is 2.81. The van der Waals surface area contributed by atoms with E-state index in [-0.39, 0.29) is 8.84 Å². The van der Waals surface area contributed by atoms with Crippen LogP contribution in [0.25, 0.3) is 10.9 Å². The molecule has 0 aliphatic heterocycles. The Morgan fingerprint density at radius 1 is 0.944 bits per heavy atom. The van der Waals surface area contributed by atoms with Crippen LogP contribution in [-0.2, 0) is 8.84 Å². The van der Waals surface area contributed by atoms with Gasteiger partial charge < -0.3 is 0 Å². The van der Waals surface area contributed by atoms with Gasteiger partial charge in [0, 0.05) is 10.8 Å². The van der Waals surface area contributed by atoms with E-state index in [1.807, 2.05) is 12.1 Å². The van der Waals surface area contributed by atoms with Gasteiger partial charge in [-0.3, -0.25) is 0 Å². The van der Waals surface area contributed by atoms with E-state index in [4.69, 9.17) is 9.97 Å². The molecule has 0 N–H and O–H groups in total. The molecule has 2 aromatic rings. The zero-order valence-corrected chi connectivity index (χ0v) is 13.7. The van der Waals surface area contributed by atoms with Gasteiger partial charge in [-0.05, 0) is 19.9 Å². The second-order valence-electron chi connectivity index (χ2n) is 6.14. The Hall–Kier alpha value is -0.710. The van der Waals surface area contributed by atoms with Crippen molar-refractivity contribution in [2.75, 3.05) is 0 Å². The molecule has 0 fully saturated rings. The Labute approximate surface area is 122 Å². The van der Waals surface area contributed by atoms with Gasteiger partial charge in [0.05, 0.1) is 14.6 Å². The lowest BCUT2D eigenvalue weighted by atomic mass is 9.94. The SMILES string of the molecule is CC(C)(C)c1nc(C(C)(C)I)c2ccccc2n1. The molecule has 1 heterocycles. The predicted molar refractivity (Wildman–Crippen MR) is 85.3 cm³/mol. The van der Waals surface area contributed by atoms with E-state index in [1.54, 1.807) is 0 Å². The zero-order chi connectivity index (χ0) is 13.6. The van der Waals surface area contributed by atoms with Crippen molar-refractivity contribution in [1.29, 1.82) is 0 Å². The van der Waals surface area contributed by atoms with Crippen LogP contribution in [0.4, 0.5) is 0 Å². The Morgan fingerprint density at radius 2 is 1.56 bits per heavy atom. The van der Waals surface area contributed by atoms with E-state index in [9.17, 15) is 0 Å². The van der Waals surface area contributed by atoms with Gasteiger partial charge in [0.15, 0.2) is 0 Å². The summed E-state index contributed by atoms with van der Waals surface area (Å²) >= 11 is 2.45. The highest BCUT2D eigenvalue weighted by atomic mass is 127. The molecule has 0 radical (unpaired) electrons. The monoisotopic (exact) mass is 354 g/mol. The standard InChI is InChI=1S/C15H19IN2/c1-14(2,3)13-17-11-9-7-6-8-10(11)12(18-13)15(4,5)16/h6-9H,1-5H3. The molecular formula is C15H19IN2. The summed E-state index contributed by atoms with van der Waals surface area (Å²) in [5.41, 5.74) is 2.14. The number of hydrogen-bond donors (Lipinski definition) is 0. The number of rotatable bonds is 1. The minimum atomic E-state index is -0.0271. The van der Waals surface area contributed by atoms with Crippen LogP contribution in [0.1, 0.15) is 46.1 Å². The molecule has 2 nitrogen and oxygen atoms in total. The molecule has 96 valence electrons. The number of alkyl halides is 1. The highest BCUT2D eigenvalue weighted by Gasteiger charge is 2.25. The molecule has 0 atom stereocenters. The second kappa shape index (κ2) is 4.44. The minimum Gasteiger partial charge on any atom is -0.235 e. The summed E-state index contributed by atoms with van der Waals surface area (Å²) in [7, 11) is 0. The quantitative estimate of drug-likeness (QED) is 0.553. The molecule has 0 spiro atoms. The lowest BCUT2D eigenvalue weighted by Gasteiger charge is -2.23. The largest absolute Gasteiger partial charge is 0.235 e. The molecule has 3 heteroatoms. The maximum atomic E-state index is 4.82. The van der Waals surface area contributed by atoms with E-state index >= 15 is 0 Å². The summed E-state index contributed by atoms with van der Waals surface area (Å²) in [5, 5.41) is 1.16. The average molecular weight is 354 g/mol. The second-order valence-corrected chi connectivity index (χ2v) is 8.83. The van der Waals surface area contributed by atoms with Crippen LogP contribution in [0.5, 0.6) is 0 Å². The first-order chi connectivity index (χ1) is 8.19. The molecule has 2 rings (SSSR count). The van der Waals surface area contributed by atoms with Crippen molar-refractivity contribution in [2.45, 2.75) is 43.5 Å². The fourth-order valence-corrected chi connectivity index (χ4v) is 2.28. The number of hydrogen-bond acceptors (Lipinski definition) is 2. The number of nitrogens with zero attached hydrogens (tertiary/aromatic N) is 2. The van der Waals surface area contributed by atoms with Crippen molar-refractivity contribution in [3.63, 3.8) is 0 Å². The first-order valence-electron chi connectivity index (χ1n) is 6.16. The average Bonchev–Trinajstić information content (AvgIpc) is 2.25. The molecule has 1 aromatic heterocycles. The molecule has 0 amide bonds. The summed E-state index contributed by atoms with van der Waals surface area (Å²) in [5.74, 6) is 0.918. The molecule has 0 unspecified atom stereocenters. The van der Waals surface area contributed by atoms with Crippen LogP contribution in [0.15, 0.2) is 24.3 Å². The van der Waals surface area contributed by atoms with Gasteiger partial charge in [0.25, 0.3) is 0 Å². The first kappa shape index (κ1) is 13.7. The van der Waals surface area contributed by atoms with Crippen LogP contribution < -0.4 is 0 Å². The van der Waals surface area contributed by atoms with Gasteiger partial charge in [0.1, 0.15) is 5.82 Å². The normalized spacial score (nSPS) is 13.0. The fraction of sp³-hybridized carbons (Fsp3) is 0.467. The summed E-state index contributed by atoms with van der Waals surface area (Å²) in [4.78, 5) is 9.53. The molecule has 0 saturated heterocycles. The summed E-state index contributed by atoms with van der Waals surface area (Å²) < 4.78 is 0.000301. The summed E-state index contributed by atoms with van der Waals surface area (Å²) in [6.07, 6.45) is 0. The smallest absolute Gasteiger partial charge is 0.134 e. The highest BCUT2D eigenvalue weighted by molar-refractivity contribution is 14.1. The van der Waals surface area contributed by atoms with Crippen LogP contribution in [-0.4, -0.2) is 9.97 Å². The number of aromatic nitrogens is 2. The van der Waals surface area contributed by atoms with Gasteiger partial charge in [-0.15, -0.1) is 0 Å². The Morgan fingerprint density at radius 3 is 2.11 bits per heavy atom. The van der Waals surface area contributed by atoms with Crippen LogP contribution in [0.2, 0.25) is 0 Å². The molecular weight excluding hydrogens is 335 g/mol. The Bertz CT molecular complexity index is 577. The minimum absolute atomic E-state index is 0.000301. The van der Waals surface area contributed by atoms with Gasteiger partial charge in [-0.25, -0.2) is 9.97 Å². The van der Waals surface area contributed by atoms with Crippen molar-refractivity contribution in [1.82, 2.24) is 9.97 Å². The number of halogens is 1. The van der Waals surface area contributed by atoms with Crippen LogP contribution in [0.3, 0.4) is 0 Å². The van der Waals surface area contributed by atoms with Crippen molar-refractivity contribution in [2.24, 2.45) is 0 Å². The summed E-state index contributed by atoms with van der Waals surface area (Å²) in [6, 6.07) is 8.26. The highest BCUT2D eigenvalue weighted by Crippen LogP contribution is 2.35. The molecule has 0 aliphatic rings. The van der Waals surface area contributed by atoms with Gasteiger partial charge in [-0.2, -0.15) is 0 Å². The van der Waals surface area contributed by atoms with Gasteiger partial charge in [-0.1, -0.05) is 61.6 Å². The maximum absolute atomic E-state index is 4.82. The molecule has 18 heavy (non-hydrogen) atoms. The molecule has 1 aromatic carbocycles. The van der Waals surface area contributed by atoms with E-state index < -0.39 is 0 Å². The van der Waals surface area contributed by atoms with Crippen molar-refractivity contribution < 1.29 is 0 Å². The maximum Gasteiger partial charge on any atom is 0.134 e. The third-order valence-corrected chi connectivity index (χ3v) is 3.35. The third-order valence-electron chi connectivity index (χ3n) is 2.84. The fourth-order valence-electron chi connectivity index (χ4n) is 1.87. The van der Waals surface area contributed by atoms with Crippen LogP contribution in [0, 0.1) is 0 Å². The van der Waals surface area contributed by atoms with E-state index in [1.165, 1.54) is 0 Å². The number of benzene rings is 1. The van der Waals surface area contributed by atoms with Crippen molar-refractivity contribution >= 4 is 33.5 Å². The predicted octanol–water partition coefficient (Wildman–Crippen LogP) is 4.60. The topological polar surface area (TPSA) is 25.8 Å². The number of fused-ring (bicyclic) bond motifs is 1. The van der Waals surface area contributed by atoms with Crippen LogP contribution >= 0.6 is 22.6 Å². The van der Waals surface area contributed by atoms with E-state index in [2.05, 4.69) is 69.3 Å². The molecule has 0 aliphatic carbocycles. The van der Waals surface area contributed by atoms with Gasteiger partial charge >= 0.3 is 0 Å². The summed E-state index contributed by atoms with van der Waals surface area (Å²) in [6.45, 7) is 10.8. The lowest BCUT2D eigenvalue weighted by Crippen LogP contribution is -2.20. The van der Waals surface area contributed by atoms with E-state index in [0.29, 0.717) is 0 Å². The Kier molecular flexibility index (Phi) is 3.38.